The lowest BCUT2D eigenvalue weighted by molar-refractivity contribution is -0.165. The molecule has 2 aliphatic heterocycles. The third-order valence-corrected chi connectivity index (χ3v) is 9.23. The number of benzene rings is 2. The molecule has 188 valence electrons. The SMILES string of the molecule is COc1ccc(Cl)cc1S(=O)(=O)C12CN(C(C)C)C(=O)C(Cc3ccc(Cl)cc3)N1C(=O)CCN2. The normalized spacial score (nSPS) is 23.0. The molecule has 2 amide bonds. The molecule has 0 spiro atoms. The minimum Gasteiger partial charge on any atom is -0.495 e. The van der Waals surface area contributed by atoms with Crippen molar-refractivity contribution in [1.82, 2.24) is 15.1 Å². The van der Waals surface area contributed by atoms with Gasteiger partial charge in [-0.15, -0.1) is 0 Å². The summed E-state index contributed by atoms with van der Waals surface area (Å²) < 4.78 is 34.1. The standard InChI is InChI=1S/C24H27Cl2N3O5S/c1-15(2)28-14-24(35(32,33)21-13-18(26)8-9-20(21)34-3)27-11-10-22(30)29(24)19(23(28)31)12-16-4-6-17(25)7-5-16/h4-9,13,15,19,27H,10-12,14H2,1-3H3. The number of halogens is 2. The highest BCUT2D eigenvalue weighted by Gasteiger charge is 2.62. The van der Waals surface area contributed by atoms with Crippen LogP contribution in [0.2, 0.25) is 10.0 Å². The Morgan fingerprint density at radius 3 is 2.40 bits per heavy atom. The fourth-order valence-corrected chi connectivity index (χ4v) is 7.27. The van der Waals surface area contributed by atoms with Gasteiger partial charge in [-0.2, -0.15) is 0 Å². The molecular formula is C24H27Cl2N3O5S. The largest absolute Gasteiger partial charge is 0.495 e. The number of ether oxygens (including phenoxy) is 1. The summed E-state index contributed by atoms with van der Waals surface area (Å²) >= 11 is 12.2. The summed E-state index contributed by atoms with van der Waals surface area (Å²) in [5.74, 6) is -0.620. The molecule has 2 fully saturated rings. The second kappa shape index (κ2) is 9.61. The molecule has 2 saturated heterocycles. The van der Waals surface area contributed by atoms with Crippen molar-refractivity contribution in [2.75, 3.05) is 20.2 Å². The highest BCUT2D eigenvalue weighted by atomic mass is 35.5. The number of nitrogens with one attached hydrogen (secondary N) is 1. The minimum atomic E-state index is -4.33. The number of methoxy groups -OCH3 is 1. The molecular weight excluding hydrogens is 513 g/mol. The summed E-state index contributed by atoms with van der Waals surface area (Å²) in [4.78, 5) is 27.7. The van der Waals surface area contributed by atoms with Gasteiger partial charge in [-0.3, -0.25) is 19.8 Å². The van der Waals surface area contributed by atoms with Gasteiger partial charge in [-0.05, 0) is 49.7 Å². The molecule has 2 unspecified atom stereocenters. The molecule has 0 bridgehead atoms. The molecule has 2 atom stereocenters. The zero-order chi connectivity index (χ0) is 25.5. The smallest absolute Gasteiger partial charge is 0.246 e. The Morgan fingerprint density at radius 2 is 1.77 bits per heavy atom. The first-order chi connectivity index (χ1) is 16.5. The molecule has 0 aliphatic carbocycles. The number of hydrogen-bond donors (Lipinski definition) is 1. The Labute approximate surface area is 215 Å². The van der Waals surface area contributed by atoms with E-state index < -0.39 is 26.8 Å². The zero-order valence-corrected chi connectivity index (χ0v) is 22.0. The van der Waals surface area contributed by atoms with Gasteiger partial charge in [0.15, 0.2) is 0 Å². The van der Waals surface area contributed by atoms with Gasteiger partial charge in [0.25, 0.3) is 0 Å². The van der Waals surface area contributed by atoms with E-state index in [4.69, 9.17) is 27.9 Å². The van der Waals surface area contributed by atoms with Gasteiger partial charge in [0, 0.05) is 35.5 Å². The van der Waals surface area contributed by atoms with Crippen LogP contribution >= 0.6 is 23.2 Å². The molecule has 0 radical (unpaired) electrons. The van der Waals surface area contributed by atoms with Crippen LogP contribution in [-0.2, 0) is 25.8 Å². The first-order valence-corrected chi connectivity index (χ1v) is 13.5. The second-order valence-electron chi connectivity index (χ2n) is 8.93. The van der Waals surface area contributed by atoms with Crippen LogP contribution in [-0.4, -0.2) is 67.3 Å². The van der Waals surface area contributed by atoms with Crippen molar-refractivity contribution in [3.63, 3.8) is 0 Å². The molecule has 2 aromatic carbocycles. The van der Waals surface area contributed by atoms with E-state index in [1.807, 2.05) is 13.8 Å². The lowest BCUT2D eigenvalue weighted by Crippen LogP contribution is -2.80. The topological polar surface area (TPSA) is 96.0 Å². The van der Waals surface area contributed by atoms with Gasteiger partial charge >= 0.3 is 0 Å². The minimum absolute atomic E-state index is 0.0655. The number of fused-ring (bicyclic) bond motifs is 1. The van der Waals surface area contributed by atoms with Crippen LogP contribution in [0.25, 0.3) is 0 Å². The molecule has 2 aromatic rings. The molecule has 2 aliphatic rings. The maximum atomic E-state index is 14.4. The fraction of sp³-hybridized carbons (Fsp3) is 0.417. The number of sulfone groups is 1. The highest BCUT2D eigenvalue weighted by Crippen LogP contribution is 2.41. The van der Waals surface area contributed by atoms with Crippen LogP contribution in [0.5, 0.6) is 5.75 Å². The Kier molecular flexibility index (Phi) is 7.07. The van der Waals surface area contributed by atoms with Crippen LogP contribution in [0.4, 0.5) is 0 Å². The van der Waals surface area contributed by atoms with Crippen molar-refractivity contribution in [3.8, 4) is 5.75 Å². The third kappa shape index (κ3) is 4.39. The van der Waals surface area contributed by atoms with E-state index in [1.54, 1.807) is 24.3 Å². The van der Waals surface area contributed by atoms with Crippen LogP contribution in [0.15, 0.2) is 47.4 Å². The maximum absolute atomic E-state index is 14.4. The summed E-state index contributed by atoms with van der Waals surface area (Å²) in [5.41, 5.74) is 0.753. The fourth-order valence-electron chi connectivity index (χ4n) is 4.75. The van der Waals surface area contributed by atoms with Crippen molar-refractivity contribution in [1.29, 1.82) is 0 Å². The second-order valence-corrected chi connectivity index (χ2v) is 11.9. The number of carbonyl (C=O) groups is 2. The third-order valence-electron chi connectivity index (χ3n) is 6.49. The molecule has 2 heterocycles. The summed E-state index contributed by atoms with van der Waals surface area (Å²) in [6.45, 7) is 3.55. The van der Waals surface area contributed by atoms with Gasteiger partial charge in [0.05, 0.1) is 13.7 Å². The number of hydrogen-bond acceptors (Lipinski definition) is 6. The first kappa shape index (κ1) is 25.8. The quantitative estimate of drug-likeness (QED) is 0.605. The molecule has 1 N–H and O–H groups in total. The Morgan fingerprint density at radius 1 is 1.11 bits per heavy atom. The van der Waals surface area contributed by atoms with Crippen LogP contribution < -0.4 is 10.1 Å². The van der Waals surface area contributed by atoms with E-state index >= 15 is 0 Å². The van der Waals surface area contributed by atoms with Gasteiger partial charge in [0.2, 0.25) is 26.6 Å². The van der Waals surface area contributed by atoms with Crippen molar-refractivity contribution < 1.29 is 22.7 Å². The molecule has 0 saturated carbocycles. The summed E-state index contributed by atoms with van der Waals surface area (Å²) in [6.07, 6.45) is 0.201. The number of amides is 2. The summed E-state index contributed by atoms with van der Waals surface area (Å²) in [6, 6.07) is 9.90. The average molecular weight is 540 g/mol. The van der Waals surface area contributed by atoms with E-state index in [0.717, 1.165) is 5.56 Å². The number of nitrogens with zero attached hydrogens (tertiary/aromatic N) is 2. The van der Waals surface area contributed by atoms with E-state index in [-0.39, 0.29) is 53.5 Å². The van der Waals surface area contributed by atoms with Gasteiger partial charge in [-0.1, -0.05) is 35.3 Å². The van der Waals surface area contributed by atoms with Gasteiger partial charge in [0.1, 0.15) is 16.7 Å². The highest BCUT2D eigenvalue weighted by molar-refractivity contribution is 7.93. The van der Waals surface area contributed by atoms with E-state index in [1.165, 1.54) is 35.1 Å². The van der Waals surface area contributed by atoms with Crippen LogP contribution in [0.3, 0.4) is 0 Å². The molecule has 0 aromatic heterocycles. The van der Waals surface area contributed by atoms with Crippen LogP contribution in [0.1, 0.15) is 25.8 Å². The Hall–Kier alpha value is -2.33. The molecule has 11 heteroatoms. The van der Waals surface area contributed by atoms with Crippen molar-refractivity contribution in [3.05, 3.63) is 58.1 Å². The average Bonchev–Trinajstić information content (AvgIpc) is 2.81. The molecule has 4 rings (SSSR count). The Bertz CT molecular complexity index is 1250. The predicted molar refractivity (Wildman–Crippen MR) is 133 cm³/mol. The summed E-state index contributed by atoms with van der Waals surface area (Å²) in [5, 5.41) is 3.85. The van der Waals surface area contributed by atoms with Crippen molar-refractivity contribution >= 4 is 44.9 Å². The number of carbonyl (C=O) groups excluding carboxylic acids is 2. The van der Waals surface area contributed by atoms with E-state index in [0.29, 0.717) is 5.02 Å². The zero-order valence-electron chi connectivity index (χ0n) is 19.6. The molecule has 8 nitrogen and oxygen atoms in total. The lowest BCUT2D eigenvalue weighted by atomic mass is 9.97. The summed E-state index contributed by atoms with van der Waals surface area (Å²) in [7, 11) is -2.97. The number of piperazine rings is 1. The lowest BCUT2D eigenvalue weighted by Gasteiger charge is -2.56. The number of rotatable bonds is 6. The Balaban J connectivity index is 1.92. The van der Waals surface area contributed by atoms with Crippen molar-refractivity contribution in [2.24, 2.45) is 0 Å². The maximum Gasteiger partial charge on any atom is 0.246 e. The monoisotopic (exact) mass is 539 g/mol. The first-order valence-electron chi connectivity index (χ1n) is 11.2. The van der Waals surface area contributed by atoms with Gasteiger partial charge < -0.3 is 9.64 Å². The van der Waals surface area contributed by atoms with E-state index in [2.05, 4.69) is 5.32 Å². The van der Waals surface area contributed by atoms with Crippen molar-refractivity contribution in [2.45, 2.75) is 48.7 Å². The van der Waals surface area contributed by atoms with Gasteiger partial charge in [-0.25, -0.2) is 8.42 Å². The van der Waals surface area contributed by atoms with E-state index in [9.17, 15) is 18.0 Å². The van der Waals surface area contributed by atoms with Crippen LogP contribution in [0, 0.1) is 0 Å². The predicted octanol–water partition coefficient (Wildman–Crippen LogP) is 3.11. The molecule has 35 heavy (non-hydrogen) atoms.